The zero-order valence-corrected chi connectivity index (χ0v) is 18.6. The Kier molecular flexibility index (Phi) is 9.11. The van der Waals surface area contributed by atoms with Gasteiger partial charge in [-0.25, -0.2) is 8.78 Å². The summed E-state index contributed by atoms with van der Waals surface area (Å²) in [7, 11) is 0. The number of carbonyl (C=O) groups is 2. The van der Waals surface area contributed by atoms with Crippen molar-refractivity contribution in [2.45, 2.75) is 43.8 Å². The first-order valence-electron chi connectivity index (χ1n) is 9.62. The van der Waals surface area contributed by atoms with E-state index in [-0.39, 0.29) is 28.2 Å². The van der Waals surface area contributed by atoms with Gasteiger partial charge in [0.05, 0.1) is 17.3 Å². The molecule has 0 spiro atoms. The summed E-state index contributed by atoms with van der Waals surface area (Å²) in [5.41, 5.74) is -0.0591. The molecule has 2 rings (SSSR count). The normalized spacial score (nSPS) is 12.0. The minimum atomic E-state index is -0.735. The van der Waals surface area contributed by atoms with Gasteiger partial charge in [0.2, 0.25) is 0 Å². The first-order valence-corrected chi connectivity index (χ1v) is 10.9. The SMILES string of the molecule is CCCCOC(=O)C(Sc1cc(NC(=O)c2cccc(F)c2)c(F)cc1Cl)C(C)C. The topological polar surface area (TPSA) is 55.4 Å². The Morgan fingerprint density at radius 3 is 2.57 bits per heavy atom. The zero-order chi connectivity index (χ0) is 22.3. The number of thioether (sulfide) groups is 1. The van der Waals surface area contributed by atoms with E-state index in [1.165, 1.54) is 24.3 Å². The molecule has 162 valence electrons. The second-order valence-corrected chi connectivity index (χ2v) is 8.62. The number of esters is 1. The number of unbranched alkanes of at least 4 members (excludes halogenated alkanes) is 1. The van der Waals surface area contributed by atoms with Gasteiger partial charge in [-0.15, -0.1) is 11.8 Å². The van der Waals surface area contributed by atoms with Crippen molar-refractivity contribution < 1.29 is 23.1 Å². The van der Waals surface area contributed by atoms with E-state index in [0.29, 0.717) is 11.5 Å². The standard InChI is InChI=1S/C22H24ClF2NO3S/c1-4-5-9-29-22(28)20(13(2)3)30-19-12-18(17(25)11-16(19)23)26-21(27)14-7-6-8-15(24)10-14/h6-8,10-13,20H,4-5,9H2,1-3H3,(H,26,27). The van der Waals surface area contributed by atoms with Crippen LogP contribution in [0.25, 0.3) is 0 Å². The van der Waals surface area contributed by atoms with Crippen LogP contribution >= 0.6 is 23.4 Å². The lowest BCUT2D eigenvalue weighted by Gasteiger charge is -2.20. The molecule has 4 nitrogen and oxygen atoms in total. The Labute approximate surface area is 184 Å². The molecule has 0 aliphatic rings. The molecule has 0 bridgehead atoms. The summed E-state index contributed by atoms with van der Waals surface area (Å²) in [6.07, 6.45) is 1.68. The Hall–Kier alpha value is -2.12. The number of ether oxygens (including phenoxy) is 1. The lowest BCUT2D eigenvalue weighted by molar-refractivity contribution is -0.143. The summed E-state index contributed by atoms with van der Waals surface area (Å²) >= 11 is 7.33. The molecule has 1 amide bonds. The second kappa shape index (κ2) is 11.3. The van der Waals surface area contributed by atoms with E-state index in [0.717, 1.165) is 36.7 Å². The van der Waals surface area contributed by atoms with Crippen LogP contribution in [0.3, 0.4) is 0 Å². The number of carbonyl (C=O) groups excluding carboxylic acids is 2. The molecule has 0 aromatic heterocycles. The molecule has 1 N–H and O–H groups in total. The van der Waals surface area contributed by atoms with Crippen molar-refractivity contribution in [2.75, 3.05) is 11.9 Å². The Morgan fingerprint density at radius 1 is 1.20 bits per heavy atom. The fourth-order valence-corrected chi connectivity index (χ4v) is 3.88. The fourth-order valence-electron chi connectivity index (χ4n) is 2.53. The van der Waals surface area contributed by atoms with Crippen LogP contribution in [-0.4, -0.2) is 23.7 Å². The summed E-state index contributed by atoms with van der Waals surface area (Å²) in [4.78, 5) is 25.2. The van der Waals surface area contributed by atoms with Crippen molar-refractivity contribution in [3.63, 3.8) is 0 Å². The van der Waals surface area contributed by atoms with E-state index in [1.54, 1.807) is 0 Å². The quantitative estimate of drug-likeness (QED) is 0.272. The molecule has 0 radical (unpaired) electrons. The van der Waals surface area contributed by atoms with Crippen LogP contribution in [0.1, 0.15) is 44.0 Å². The van der Waals surface area contributed by atoms with Crippen molar-refractivity contribution in [3.8, 4) is 0 Å². The molecule has 0 aliphatic carbocycles. The molecule has 0 heterocycles. The van der Waals surface area contributed by atoms with Crippen LogP contribution in [-0.2, 0) is 9.53 Å². The van der Waals surface area contributed by atoms with Gasteiger partial charge in [-0.05, 0) is 42.7 Å². The number of hydrogen-bond donors (Lipinski definition) is 1. The van der Waals surface area contributed by atoms with E-state index in [2.05, 4.69) is 5.32 Å². The highest BCUT2D eigenvalue weighted by molar-refractivity contribution is 8.00. The number of benzene rings is 2. The lowest BCUT2D eigenvalue weighted by Crippen LogP contribution is -2.26. The monoisotopic (exact) mass is 455 g/mol. The first-order chi connectivity index (χ1) is 14.2. The smallest absolute Gasteiger partial charge is 0.319 e. The molecule has 8 heteroatoms. The zero-order valence-electron chi connectivity index (χ0n) is 17.0. The molecule has 0 aliphatic heterocycles. The number of anilines is 1. The molecule has 2 aromatic rings. The van der Waals surface area contributed by atoms with Crippen molar-refractivity contribution in [2.24, 2.45) is 5.92 Å². The Bertz CT molecular complexity index is 908. The molecular weight excluding hydrogens is 432 g/mol. The van der Waals surface area contributed by atoms with Gasteiger partial charge in [-0.1, -0.05) is 44.9 Å². The van der Waals surface area contributed by atoms with E-state index in [4.69, 9.17) is 16.3 Å². The van der Waals surface area contributed by atoms with E-state index in [9.17, 15) is 18.4 Å². The molecule has 0 fully saturated rings. The summed E-state index contributed by atoms with van der Waals surface area (Å²) in [6, 6.07) is 7.52. The summed E-state index contributed by atoms with van der Waals surface area (Å²) < 4.78 is 33.0. The second-order valence-electron chi connectivity index (χ2n) is 7.03. The molecule has 0 saturated heterocycles. The van der Waals surface area contributed by atoms with E-state index < -0.39 is 22.8 Å². The van der Waals surface area contributed by atoms with Gasteiger partial charge >= 0.3 is 5.97 Å². The maximum Gasteiger partial charge on any atom is 0.319 e. The highest BCUT2D eigenvalue weighted by atomic mass is 35.5. The number of nitrogens with one attached hydrogen (secondary N) is 1. The largest absolute Gasteiger partial charge is 0.465 e. The predicted octanol–water partition coefficient (Wildman–Crippen LogP) is 6.33. The van der Waals surface area contributed by atoms with Crippen LogP contribution in [0, 0.1) is 17.6 Å². The average molecular weight is 456 g/mol. The van der Waals surface area contributed by atoms with Crippen LogP contribution < -0.4 is 5.32 Å². The van der Waals surface area contributed by atoms with Gasteiger partial charge in [-0.3, -0.25) is 9.59 Å². The van der Waals surface area contributed by atoms with E-state index in [1.807, 2.05) is 20.8 Å². The van der Waals surface area contributed by atoms with Crippen molar-refractivity contribution in [3.05, 3.63) is 58.6 Å². The number of halogens is 3. The van der Waals surface area contributed by atoms with Gasteiger partial charge in [-0.2, -0.15) is 0 Å². The maximum absolute atomic E-state index is 14.4. The first kappa shape index (κ1) is 24.2. The highest BCUT2D eigenvalue weighted by Crippen LogP contribution is 2.37. The van der Waals surface area contributed by atoms with E-state index >= 15 is 0 Å². The van der Waals surface area contributed by atoms with Crippen LogP contribution in [0.2, 0.25) is 5.02 Å². The molecule has 0 saturated carbocycles. The van der Waals surface area contributed by atoms with Gasteiger partial charge in [0.1, 0.15) is 16.9 Å². The average Bonchev–Trinajstić information content (AvgIpc) is 2.68. The summed E-state index contributed by atoms with van der Waals surface area (Å²) in [5.74, 6) is -2.40. The van der Waals surface area contributed by atoms with Gasteiger partial charge in [0.25, 0.3) is 5.91 Å². The van der Waals surface area contributed by atoms with Gasteiger partial charge in [0.15, 0.2) is 0 Å². The maximum atomic E-state index is 14.4. The van der Waals surface area contributed by atoms with Gasteiger partial charge < -0.3 is 10.1 Å². The highest BCUT2D eigenvalue weighted by Gasteiger charge is 2.26. The van der Waals surface area contributed by atoms with Crippen molar-refractivity contribution >= 4 is 40.9 Å². The fraction of sp³-hybridized carbons (Fsp3) is 0.364. The summed E-state index contributed by atoms with van der Waals surface area (Å²) in [6.45, 7) is 6.09. The molecule has 1 unspecified atom stereocenters. The predicted molar refractivity (Wildman–Crippen MR) is 116 cm³/mol. The molecular formula is C22H24ClF2NO3S. The third-order valence-electron chi connectivity index (χ3n) is 4.19. The Balaban J connectivity index is 2.22. The lowest BCUT2D eigenvalue weighted by atomic mass is 10.1. The third-order valence-corrected chi connectivity index (χ3v) is 6.20. The van der Waals surface area contributed by atoms with Crippen LogP contribution in [0.15, 0.2) is 41.3 Å². The third kappa shape index (κ3) is 6.71. The van der Waals surface area contributed by atoms with Gasteiger partial charge in [0, 0.05) is 10.5 Å². The minimum absolute atomic E-state index is 0.0538. The van der Waals surface area contributed by atoms with Crippen LogP contribution in [0.4, 0.5) is 14.5 Å². The Morgan fingerprint density at radius 2 is 1.93 bits per heavy atom. The number of amides is 1. The van der Waals surface area contributed by atoms with Crippen molar-refractivity contribution in [1.29, 1.82) is 0 Å². The minimum Gasteiger partial charge on any atom is -0.465 e. The van der Waals surface area contributed by atoms with Crippen LogP contribution in [0.5, 0.6) is 0 Å². The molecule has 1 atom stereocenters. The molecule has 2 aromatic carbocycles. The van der Waals surface area contributed by atoms with Crippen molar-refractivity contribution in [1.82, 2.24) is 0 Å². The molecule has 30 heavy (non-hydrogen) atoms. The summed E-state index contributed by atoms with van der Waals surface area (Å²) in [5, 5.41) is 2.00. The number of rotatable bonds is 9. The number of hydrogen-bond acceptors (Lipinski definition) is 4.